The Bertz CT molecular complexity index is 2060. The van der Waals surface area contributed by atoms with Crippen LogP contribution in [-0.4, -0.2) is 36.0 Å². The number of nitrogens with one attached hydrogen (secondary N) is 3. The quantitative estimate of drug-likeness (QED) is 0.220. The number of halogens is 1. The number of aromatic nitrogens is 6. The highest BCUT2D eigenvalue weighted by Gasteiger charge is 2.16. The van der Waals surface area contributed by atoms with Crippen LogP contribution < -0.4 is 5.32 Å². The Morgan fingerprint density at radius 2 is 1.66 bits per heavy atom. The van der Waals surface area contributed by atoms with Crippen LogP contribution in [-0.2, 0) is 0 Å². The maximum atomic E-state index is 14.2. The predicted octanol–water partition coefficient (Wildman–Crippen LogP) is 6.93. The molecule has 0 saturated heterocycles. The van der Waals surface area contributed by atoms with Crippen LogP contribution in [0.1, 0.15) is 15.9 Å². The maximum Gasteiger partial charge on any atom is 0.255 e. The molecule has 7 aromatic rings. The lowest BCUT2D eigenvalue weighted by Gasteiger charge is -2.07. The van der Waals surface area contributed by atoms with Gasteiger partial charge in [-0.2, -0.15) is 5.10 Å². The molecular weight excluding hydrogens is 517 g/mol. The topological polar surface area (TPSA) is 112 Å². The second kappa shape index (κ2) is 9.80. The molecule has 9 heteroatoms. The highest BCUT2D eigenvalue weighted by molar-refractivity contribution is 6.04. The van der Waals surface area contributed by atoms with Gasteiger partial charge in [-0.15, -0.1) is 0 Å². The molecular formula is C32H22FN7O. The first-order valence-electron chi connectivity index (χ1n) is 12.9. The highest BCUT2D eigenvalue weighted by atomic mass is 19.1. The Hall–Kier alpha value is -5.70. The van der Waals surface area contributed by atoms with Gasteiger partial charge in [0.25, 0.3) is 5.91 Å². The number of carbonyl (C=O) groups excluding carboxylic acids is 1. The molecule has 0 saturated carbocycles. The molecule has 7 rings (SSSR count). The number of H-pyrrole nitrogens is 2. The summed E-state index contributed by atoms with van der Waals surface area (Å²) in [5.74, 6) is -0.501. The molecule has 0 radical (unpaired) electrons. The van der Waals surface area contributed by atoms with Gasteiger partial charge in [0.2, 0.25) is 0 Å². The lowest BCUT2D eigenvalue weighted by atomic mass is 10.0. The van der Waals surface area contributed by atoms with E-state index in [0.717, 1.165) is 49.8 Å². The number of hydrogen-bond acceptors (Lipinski definition) is 5. The number of nitrogens with zero attached hydrogens (tertiary/aromatic N) is 4. The SMILES string of the molecule is Cc1cc(F)cc(-c2cncc3[nH]c(-c4n[nH]c5ncc(-c6cncc(NC(=O)c7ccccc7)c6)cc45)cc23)c1. The van der Waals surface area contributed by atoms with E-state index in [1.54, 1.807) is 43.1 Å². The fourth-order valence-electron chi connectivity index (χ4n) is 5.03. The van der Waals surface area contributed by atoms with E-state index < -0.39 is 0 Å². The summed E-state index contributed by atoms with van der Waals surface area (Å²) in [6, 6.07) is 19.8. The number of amides is 1. The number of aromatic amines is 2. The third kappa shape index (κ3) is 4.59. The van der Waals surface area contributed by atoms with Crippen LogP contribution in [0, 0.1) is 12.7 Å². The molecule has 2 aromatic carbocycles. The molecule has 0 spiro atoms. The largest absolute Gasteiger partial charge is 0.352 e. The summed E-state index contributed by atoms with van der Waals surface area (Å²) in [6.45, 7) is 1.87. The normalized spacial score (nSPS) is 11.3. The van der Waals surface area contributed by atoms with Crippen LogP contribution in [0.15, 0.2) is 97.7 Å². The molecule has 0 unspecified atom stereocenters. The average molecular weight is 540 g/mol. The molecule has 8 nitrogen and oxygen atoms in total. The number of fused-ring (bicyclic) bond motifs is 2. The number of carbonyl (C=O) groups is 1. The summed E-state index contributed by atoms with van der Waals surface area (Å²) in [5, 5.41) is 12.2. The number of anilines is 1. The standard InChI is InChI=1S/C32H22FN7O/c1-18-7-20(9-23(33)8-18)27-16-35-17-29-25(27)12-28(38-29)30-26-11-22(14-36-31(26)40-39-30)21-10-24(15-34-13-21)37-32(41)19-5-3-2-4-6-19/h2-17,38H,1H3,(H,37,41)(H,36,39,40). The average Bonchev–Trinajstić information content (AvgIpc) is 3.61. The number of benzene rings is 2. The van der Waals surface area contributed by atoms with Crippen LogP contribution in [0.5, 0.6) is 0 Å². The Morgan fingerprint density at radius 3 is 2.51 bits per heavy atom. The zero-order valence-corrected chi connectivity index (χ0v) is 21.8. The van der Waals surface area contributed by atoms with Gasteiger partial charge in [-0.1, -0.05) is 24.3 Å². The van der Waals surface area contributed by atoms with Crippen molar-refractivity contribution in [2.45, 2.75) is 6.92 Å². The Labute approximate surface area is 233 Å². The van der Waals surface area contributed by atoms with Crippen molar-refractivity contribution in [1.82, 2.24) is 30.1 Å². The van der Waals surface area contributed by atoms with E-state index in [2.05, 4.69) is 35.5 Å². The van der Waals surface area contributed by atoms with Gasteiger partial charge in [0.15, 0.2) is 5.65 Å². The summed E-state index contributed by atoms with van der Waals surface area (Å²) in [4.78, 5) is 29.3. The molecule has 3 N–H and O–H groups in total. The number of rotatable bonds is 5. The zero-order valence-electron chi connectivity index (χ0n) is 21.8. The maximum absolute atomic E-state index is 14.2. The van der Waals surface area contributed by atoms with Gasteiger partial charge in [0, 0.05) is 51.6 Å². The van der Waals surface area contributed by atoms with Crippen molar-refractivity contribution in [2.75, 3.05) is 5.32 Å². The molecule has 0 aliphatic carbocycles. The molecule has 5 aromatic heterocycles. The number of pyridine rings is 3. The molecule has 0 atom stereocenters. The van der Waals surface area contributed by atoms with E-state index in [-0.39, 0.29) is 11.7 Å². The van der Waals surface area contributed by atoms with E-state index in [0.29, 0.717) is 22.6 Å². The third-order valence-corrected chi connectivity index (χ3v) is 6.94. The van der Waals surface area contributed by atoms with Crippen molar-refractivity contribution < 1.29 is 9.18 Å². The summed E-state index contributed by atoms with van der Waals surface area (Å²) >= 11 is 0. The van der Waals surface area contributed by atoms with Gasteiger partial charge >= 0.3 is 0 Å². The van der Waals surface area contributed by atoms with E-state index in [1.165, 1.54) is 12.1 Å². The van der Waals surface area contributed by atoms with Crippen molar-refractivity contribution in [2.24, 2.45) is 0 Å². The van der Waals surface area contributed by atoms with Gasteiger partial charge in [0.05, 0.1) is 29.3 Å². The Kier molecular flexibility index (Phi) is 5.82. The van der Waals surface area contributed by atoms with E-state index >= 15 is 0 Å². The van der Waals surface area contributed by atoms with Gasteiger partial charge < -0.3 is 10.3 Å². The van der Waals surface area contributed by atoms with Crippen molar-refractivity contribution in [1.29, 1.82) is 0 Å². The van der Waals surface area contributed by atoms with E-state index in [4.69, 9.17) is 0 Å². The second-order valence-electron chi connectivity index (χ2n) is 9.82. The van der Waals surface area contributed by atoms with Gasteiger partial charge in [-0.25, -0.2) is 9.37 Å². The van der Waals surface area contributed by atoms with E-state index in [1.807, 2.05) is 49.4 Å². The smallest absolute Gasteiger partial charge is 0.255 e. The molecule has 41 heavy (non-hydrogen) atoms. The monoisotopic (exact) mass is 539 g/mol. The van der Waals surface area contributed by atoms with E-state index in [9.17, 15) is 9.18 Å². The summed E-state index contributed by atoms with van der Waals surface area (Å²) < 4.78 is 14.2. The summed E-state index contributed by atoms with van der Waals surface area (Å²) in [6.07, 6.45) is 8.56. The molecule has 0 fully saturated rings. The fourth-order valence-corrected chi connectivity index (χ4v) is 5.03. The summed E-state index contributed by atoms with van der Waals surface area (Å²) in [5.41, 5.74) is 8.07. The first-order valence-corrected chi connectivity index (χ1v) is 12.9. The van der Waals surface area contributed by atoms with Gasteiger partial charge in [-0.05, 0) is 60.5 Å². The molecule has 0 aliphatic rings. The minimum Gasteiger partial charge on any atom is -0.352 e. The van der Waals surface area contributed by atoms with Crippen LogP contribution in [0.3, 0.4) is 0 Å². The van der Waals surface area contributed by atoms with Crippen LogP contribution >= 0.6 is 0 Å². The van der Waals surface area contributed by atoms with Crippen molar-refractivity contribution in [3.05, 3.63) is 115 Å². The van der Waals surface area contributed by atoms with Crippen LogP contribution in [0.2, 0.25) is 0 Å². The van der Waals surface area contributed by atoms with Crippen molar-refractivity contribution in [3.63, 3.8) is 0 Å². The Balaban J connectivity index is 1.25. The van der Waals surface area contributed by atoms with Crippen LogP contribution in [0.25, 0.3) is 55.6 Å². The number of aryl methyl sites for hydroxylation is 1. The Morgan fingerprint density at radius 1 is 0.829 bits per heavy atom. The molecule has 198 valence electrons. The molecule has 0 bridgehead atoms. The lowest BCUT2D eigenvalue weighted by Crippen LogP contribution is -2.11. The van der Waals surface area contributed by atoms with Crippen molar-refractivity contribution in [3.8, 4) is 33.6 Å². The van der Waals surface area contributed by atoms with Crippen LogP contribution in [0.4, 0.5) is 10.1 Å². The number of hydrogen-bond donors (Lipinski definition) is 3. The second-order valence-corrected chi connectivity index (χ2v) is 9.82. The van der Waals surface area contributed by atoms with Gasteiger partial charge in [-0.3, -0.25) is 19.9 Å². The zero-order chi connectivity index (χ0) is 27.9. The first kappa shape index (κ1) is 24.3. The molecule has 1 amide bonds. The summed E-state index contributed by atoms with van der Waals surface area (Å²) in [7, 11) is 0. The van der Waals surface area contributed by atoms with Gasteiger partial charge in [0.1, 0.15) is 11.5 Å². The third-order valence-electron chi connectivity index (χ3n) is 6.94. The fraction of sp³-hybridized carbons (Fsp3) is 0.0312. The molecule has 0 aliphatic heterocycles. The lowest BCUT2D eigenvalue weighted by molar-refractivity contribution is 0.102. The minimum atomic E-state index is -0.289. The minimum absolute atomic E-state index is 0.212. The molecule has 5 heterocycles. The first-order chi connectivity index (χ1) is 20.0. The predicted molar refractivity (Wildman–Crippen MR) is 157 cm³/mol. The van der Waals surface area contributed by atoms with Crippen molar-refractivity contribution >= 4 is 33.5 Å². The highest BCUT2D eigenvalue weighted by Crippen LogP contribution is 2.35.